The van der Waals surface area contributed by atoms with Crippen molar-refractivity contribution in [3.8, 4) is 5.75 Å². The molecule has 8 heteroatoms. The van der Waals surface area contributed by atoms with Crippen LogP contribution in [0.2, 0.25) is 5.02 Å². The molecule has 0 radical (unpaired) electrons. The predicted molar refractivity (Wildman–Crippen MR) is 99.0 cm³/mol. The van der Waals surface area contributed by atoms with Gasteiger partial charge < -0.3 is 10.1 Å². The molecule has 1 atom stereocenters. The lowest BCUT2D eigenvalue weighted by atomic mass is 9.92. The van der Waals surface area contributed by atoms with Crippen molar-refractivity contribution in [2.45, 2.75) is 18.9 Å². The fourth-order valence-electron chi connectivity index (χ4n) is 2.81. The molecule has 27 heavy (non-hydrogen) atoms. The Kier molecular flexibility index (Phi) is 5.05. The number of ether oxygens (including phenoxy) is 1. The molecule has 0 unspecified atom stereocenters. The quantitative estimate of drug-likeness (QED) is 0.771. The molecular formula is C19H18ClN3O4. The van der Waals surface area contributed by atoms with Crippen molar-refractivity contribution in [3.05, 3.63) is 64.7 Å². The number of nitrogens with one attached hydrogen (secondary N) is 2. The number of carbonyl (C=O) groups excluding carboxylic acids is 3. The third-order valence-electron chi connectivity index (χ3n) is 4.37. The highest BCUT2D eigenvalue weighted by Gasteiger charge is 2.50. The number of amides is 4. The molecule has 0 bridgehead atoms. The topological polar surface area (TPSA) is 87.7 Å². The summed E-state index contributed by atoms with van der Waals surface area (Å²) >= 11 is 5.82. The third-order valence-corrected chi connectivity index (χ3v) is 4.62. The largest absolute Gasteiger partial charge is 0.497 e. The number of rotatable bonds is 5. The summed E-state index contributed by atoms with van der Waals surface area (Å²) in [5.41, 5.74) is 2.37. The van der Waals surface area contributed by atoms with Crippen LogP contribution in [0.3, 0.4) is 0 Å². The molecule has 2 aromatic carbocycles. The Balaban J connectivity index is 1.73. The van der Waals surface area contributed by atoms with Gasteiger partial charge in [0.1, 0.15) is 11.3 Å². The zero-order valence-electron chi connectivity index (χ0n) is 14.8. The van der Waals surface area contributed by atoms with E-state index in [1.54, 1.807) is 55.5 Å². The van der Waals surface area contributed by atoms with E-state index in [1.165, 1.54) is 7.11 Å². The molecule has 1 aliphatic rings. The lowest BCUT2D eigenvalue weighted by Gasteiger charge is -2.22. The van der Waals surface area contributed by atoms with E-state index in [4.69, 9.17) is 16.3 Å². The lowest BCUT2D eigenvalue weighted by molar-refractivity contribution is -0.138. The number of halogens is 1. The van der Waals surface area contributed by atoms with Gasteiger partial charge in [-0.3, -0.25) is 15.0 Å². The van der Waals surface area contributed by atoms with Crippen molar-refractivity contribution in [1.82, 2.24) is 15.8 Å². The van der Waals surface area contributed by atoms with E-state index in [-0.39, 0.29) is 6.42 Å². The van der Waals surface area contributed by atoms with E-state index in [1.807, 2.05) is 0 Å². The zero-order chi connectivity index (χ0) is 19.6. The minimum Gasteiger partial charge on any atom is -0.497 e. The Hall–Kier alpha value is -3.06. The predicted octanol–water partition coefficient (Wildman–Crippen LogP) is 2.39. The van der Waals surface area contributed by atoms with Crippen molar-refractivity contribution in [2.75, 3.05) is 7.11 Å². The number of nitrogens with zero attached hydrogens (tertiary/aromatic N) is 1. The number of benzene rings is 2. The highest BCUT2D eigenvalue weighted by molar-refractivity contribution is 6.30. The molecule has 0 aliphatic carbocycles. The lowest BCUT2D eigenvalue weighted by Crippen LogP contribution is -2.48. The highest BCUT2D eigenvalue weighted by atomic mass is 35.5. The fourth-order valence-corrected chi connectivity index (χ4v) is 2.94. The van der Waals surface area contributed by atoms with Gasteiger partial charge in [0, 0.05) is 5.02 Å². The Labute approximate surface area is 161 Å². The summed E-state index contributed by atoms with van der Waals surface area (Å²) in [4.78, 5) is 37.3. The minimum absolute atomic E-state index is 0.00742. The Morgan fingerprint density at radius 3 is 2.37 bits per heavy atom. The maximum Gasteiger partial charge on any atom is 0.344 e. The second-order valence-electron chi connectivity index (χ2n) is 6.26. The average Bonchev–Trinajstić information content (AvgIpc) is 2.88. The van der Waals surface area contributed by atoms with Crippen molar-refractivity contribution in [3.63, 3.8) is 0 Å². The molecule has 2 N–H and O–H groups in total. The first-order valence-corrected chi connectivity index (χ1v) is 8.56. The van der Waals surface area contributed by atoms with E-state index in [9.17, 15) is 14.4 Å². The summed E-state index contributed by atoms with van der Waals surface area (Å²) in [7, 11) is 1.54. The van der Waals surface area contributed by atoms with Gasteiger partial charge in [-0.15, -0.1) is 0 Å². The molecule has 1 saturated heterocycles. The zero-order valence-corrected chi connectivity index (χ0v) is 15.5. The summed E-state index contributed by atoms with van der Waals surface area (Å²) in [6.07, 6.45) is 0.00742. The number of hydrogen-bond acceptors (Lipinski definition) is 4. The van der Waals surface area contributed by atoms with Gasteiger partial charge in [-0.2, -0.15) is 5.01 Å². The molecule has 3 rings (SSSR count). The monoisotopic (exact) mass is 387 g/mol. The number of imide groups is 1. The summed E-state index contributed by atoms with van der Waals surface area (Å²) in [6.45, 7) is 1.58. The van der Waals surface area contributed by atoms with Crippen LogP contribution in [0.15, 0.2) is 48.5 Å². The van der Waals surface area contributed by atoms with Crippen LogP contribution in [0.25, 0.3) is 0 Å². The van der Waals surface area contributed by atoms with Gasteiger partial charge in [-0.1, -0.05) is 35.9 Å². The van der Waals surface area contributed by atoms with Crippen LogP contribution in [-0.4, -0.2) is 30.0 Å². The number of methoxy groups -OCH3 is 1. The van der Waals surface area contributed by atoms with Crippen LogP contribution in [0.1, 0.15) is 18.1 Å². The van der Waals surface area contributed by atoms with Gasteiger partial charge in [0.05, 0.1) is 13.5 Å². The molecule has 0 aromatic heterocycles. The number of hydrogen-bond donors (Lipinski definition) is 2. The van der Waals surface area contributed by atoms with Gasteiger partial charge in [0.25, 0.3) is 5.91 Å². The molecule has 1 aliphatic heterocycles. The first kappa shape index (κ1) is 18.7. The SMILES string of the molecule is COc1ccc([C@]2(C)NC(=O)N(NC(=O)Cc3ccc(Cl)cc3)C2=O)cc1. The molecule has 0 saturated carbocycles. The standard InChI is InChI=1S/C19H18ClN3O4/c1-19(13-5-9-15(27-2)10-6-13)17(25)23(18(26)21-19)22-16(24)11-12-3-7-14(20)8-4-12/h3-10H,11H2,1-2H3,(H,21,26)(H,22,24)/t19-/m0/s1. The molecular weight excluding hydrogens is 370 g/mol. The van der Waals surface area contributed by atoms with Gasteiger partial charge in [0.15, 0.2) is 0 Å². The second kappa shape index (κ2) is 7.28. The fraction of sp³-hybridized carbons (Fsp3) is 0.211. The van der Waals surface area contributed by atoms with Crippen molar-refractivity contribution in [2.24, 2.45) is 0 Å². The van der Waals surface area contributed by atoms with Crippen LogP contribution in [0, 0.1) is 0 Å². The molecule has 0 spiro atoms. The van der Waals surface area contributed by atoms with E-state index in [0.29, 0.717) is 26.9 Å². The average molecular weight is 388 g/mol. The van der Waals surface area contributed by atoms with Crippen molar-refractivity contribution >= 4 is 29.4 Å². The Bertz CT molecular complexity index is 883. The normalized spacial score (nSPS) is 19.0. The summed E-state index contributed by atoms with van der Waals surface area (Å²) < 4.78 is 5.10. The maximum atomic E-state index is 12.8. The molecule has 7 nitrogen and oxygen atoms in total. The van der Waals surface area contributed by atoms with Gasteiger partial charge >= 0.3 is 6.03 Å². The van der Waals surface area contributed by atoms with Crippen LogP contribution < -0.4 is 15.5 Å². The van der Waals surface area contributed by atoms with Crippen LogP contribution in [0.5, 0.6) is 5.75 Å². The summed E-state index contributed by atoms with van der Waals surface area (Å²) in [5.74, 6) is -0.422. The summed E-state index contributed by atoms with van der Waals surface area (Å²) in [5, 5.41) is 3.89. The molecule has 140 valence electrons. The number of hydrazine groups is 1. The third kappa shape index (κ3) is 3.73. The minimum atomic E-state index is -1.28. The van der Waals surface area contributed by atoms with Gasteiger partial charge in [-0.05, 0) is 42.3 Å². The van der Waals surface area contributed by atoms with E-state index in [0.717, 1.165) is 0 Å². The van der Waals surface area contributed by atoms with Gasteiger partial charge in [0.2, 0.25) is 5.91 Å². The molecule has 4 amide bonds. The molecule has 2 aromatic rings. The van der Waals surface area contributed by atoms with Crippen LogP contribution >= 0.6 is 11.6 Å². The molecule has 1 fully saturated rings. The number of carbonyl (C=O) groups is 3. The van der Waals surface area contributed by atoms with Crippen molar-refractivity contribution < 1.29 is 19.1 Å². The highest BCUT2D eigenvalue weighted by Crippen LogP contribution is 2.29. The molecule has 1 heterocycles. The number of urea groups is 1. The second-order valence-corrected chi connectivity index (χ2v) is 6.70. The van der Waals surface area contributed by atoms with Crippen LogP contribution in [-0.2, 0) is 21.5 Å². The maximum absolute atomic E-state index is 12.8. The first-order valence-electron chi connectivity index (χ1n) is 8.18. The first-order chi connectivity index (χ1) is 12.8. The van der Waals surface area contributed by atoms with Gasteiger partial charge in [-0.25, -0.2) is 4.79 Å². The van der Waals surface area contributed by atoms with E-state index in [2.05, 4.69) is 10.7 Å². The Morgan fingerprint density at radius 1 is 1.15 bits per heavy atom. The van der Waals surface area contributed by atoms with Crippen molar-refractivity contribution in [1.29, 1.82) is 0 Å². The van der Waals surface area contributed by atoms with Crippen LogP contribution in [0.4, 0.5) is 4.79 Å². The summed E-state index contributed by atoms with van der Waals surface area (Å²) in [6, 6.07) is 12.8. The Morgan fingerprint density at radius 2 is 1.78 bits per heavy atom. The smallest absolute Gasteiger partial charge is 0.344 e. The van der Waals surface area contributed by atoms with E-state index < -0.39 is 23.4 Å². The van der Waals surface area contributed by atoms with E-state index >= 15 is 0 Å².